The third-order valence-electron chi connectivity index (χ3n) is 8.07. The topological polar surface area (TPSA) is 151 Å². The van der Waals surface area contributed by atoms with Crippen LogP contribution in [-0.4, -0.2) is 34.0 Å². The number of fused-ring (bicyclic) bond motifs is 2. The van der Waals surface area contributed by atoms with Crippen LogP contribution in [0.5, 0.6) is 17.2 Å². The van der Waals surface area contributed by atoms with E-state index in [0.29, 0.717) is 11.1 Å². The molecule has 2 unspecified atom stereocenters. The fourth-order valence-electron chi connectivity index (χ4n) is 5.72. The predicted molar refractivity (Wildman–Crippen MR) is 180 cm³/mol. The van der Waals surface area contributed by atoms with Crippen molar-refractivity contribution in [1.29, 1.82) is 0 Å². The molecular formula is C36H25BrF5N3O6. The van der Waals surface area contributed by atoms with Gasteiger partial charge in [0.1, 0.15) is 28.4 Å². The Morgan fingerprint density at radius 1 is 0.706 bits per heavy atom. The molecule has 0 saturated heterocycles. The Labute approximate surface area is 296 Å². The first-order chi connectivity index (χ1) is 23.8. The lowest BCUT2D eigenvalue weighted by Crippen LogP contribution is -2.37. The van der Waals surface area contributed by atoms with Crippen molar-refractivity contribution in [3.05, 3.63) is 147 Å². The predicted octanol–water partition coefficient (Wildman–Crippen LogP) is 7.41. The van der Waals surface area contributed by atoms with Gasteiger partial charge in [-0.3, -0.25) is 9.59 Å². The number of hydrogen-bond donors (Lipinski definition) is 5. The first-order valence-electron chi connectivity index (χ1n) is 14.8. The summed E-state index contributed by atoms with van der Waals surface area (Å²) < 4.78 is 75.9. The first-order valence-corrected chi connectivity index (χ1v) is 14.8. The highest BCUT2D eigenvalue weighted by atomic mass is 79.9. The summed E-state index contributed by atoms with van der Waals surface area (Å²) in [5, 5.41) is 25.3. The quantitative estimate of drug-likeness (QED) is 0.0615. The zero-order valence-electron chi connectivity index (χ0n) is 25.8. The van der Waals surface area contributed by atoms with E-state index < -0.39 is 75.7 Å². The zero-order valence-corrected chi connectivity index (χ0v) is 27.6. The Morgan fingerprint density at radius 3 is 1.82 bits per heavy atom. The number of anilines is 2. The molecule has 0 aliphatic carbocycles. The van der Waals surface area contributed by atoms with Crippen molar-refractivity contribution in [2.24, 2.45) is 5.73 Å². The average molecular weight is 771 g/mol. The Kier molecular flexibility index (Phi) is 10.4. The van der Waals surface area contributed by atoms with Crippen LogP contribution in [0.25, 0.3) is 0 Å². The molecular weight excluding hydrogens is 745 g/mol. The standard InChI is InChI=1S/C36H24F5N3O6.BrH/c37-29-28(30(38)32(40)33(41)31(29)39)35(47)44-18-10-12-20-25(15-18)50-24-14-17(43-34(46)22(42)13-16-5-2-1-3-6-16)9-11-19(24)26(20)21-7-4-8-23(45)27(21)36(48)49;/h1-12,14-15,22,26,45H,13,42H2,(H,43,46)(H,44,47)(H,48,49);1H. The molecule has 1 aliphatic rings. The Morgan fingerprint density at radius 2 is 1.25 bits per heavy atom. The van der Waals surface area contributed by atoms with E-state index in [-0.39, 0.29) is 51.8 Å². The third kappa shape index (κ3) is 6.98. The highest BCUT2D eigenvalue weighted by molar-refractivity contribution is 8.93. The van der Waals surface area contributed by atoms with Gasteiger partial charge in [0.15, 0.2) is 23.3 Å². The second-order valence-electron chi connectivity index (χ2n) is 11.3. The summed E-state index contributed by atoms with van der Waals surface area (Å²) in [6.45, 7) is 0. The van der Waals surface area contributed by atoms with Crippen LogP contribution < -0.4 is 21.1 Å². The molecule has 9 nitrogen and oxygen atoms in total. The number of carboxylic acid groups (broad SMARTS) is 1. The largest absolute Gasteiger partial charge is 0.507 e. The molecule has 5 aromatic rings. The lowest BCUT2D eigenvalue weighted by Gasteiger charge is -2.30. The number of rotatable bonds is 8. The molecule has 1 heterocycles. The number of phenols is 1. The van der Waals surface area contributed by atoms with E-state index in [1.807, 2.05) is 30.3 Å². The number of carboxylic acids is 1. The van der Waals surface area contributed by atoms with Crippen molar-refractivity contribution in [3.63, 3.8) is 0 Å². The summed E-state index contributed by atoms with van der Waals surface area (Å²) in [7, 11) is 0. The molecule has 5 aromatic carbocycles. The van der Waals surface area contributed by atoms with Gasteiger partial charge in [0, 0.05) is 40.6 Å². The van der Waals surface area contributed by atoms with Gasteiger partial charge in [0.25, 0.3) is 5.91 Å². The van der Waals surface area contributed by atoms with Gasteiger partial charge in [0.05, 0.1) is 6.04 Å². The Balaban J connectivity index is 0.00000504. The van der Waals surface area contributed by atoms with Crippen molar-refractivity contribution in [1.82, 2.24) is 0 Å². The van der Waals surface area contributed by atoms with Crippen LogP contribution in [0.2, 0.25) is 0 Å². The van der Waals surface area contributed by atoms with Gasteiger partial charge < -0.3 is 31.3 Å². The van der Waals surface area contributed by atoms with Crippen LogP contribution in [0.3, 0.4) is 0 Å². The number of aromatic carboxylic acids is 1. The number of carbonyl (C=O) groups excluding carboxylic acids is 2. The van der Waals surface area contributed by atoms with Gasteiger partial charge in [0.2, 0.25) is 11.7 Å². The molecule has 262 valence electrons. The van der Waals surface area contributed by atoms with E-state index in [4.69, 9.17) is 10.5 Å². The normalized spacial score (nSPS) is 13.5. The summed E-state index contributed by atoms with van der Waals surface area (Å²) in [5.41, 5.74) is 5.79. The average Bonchev–Trinajstić information content (AvgIpc) is 3.09. The number of amides is 2. The van der Waals surface area contributed by atoms with Crippen molar-refractivity contribution in [2.45, 2.75) is 18.4 Å². The van der Waals surface area contributed by atoms with Crippen molar-refractivity contribution >= 4 is 46.1 Å². The van der Waals surface area contributed by atoms with Crippen LogP contribution in [0.1, 0.15) is 48.9 Å². The maximum atomic E-state index is 14.3. The Hall–Kier alpha value is -5.80. The Bertz CT molecular complexity index is 2180. The van der Waals surface area contributed by atoms with E-state index >= 15 is 0 Å². The van der Waals surface area contributed by atoms with Crippen LogP contribution in [0.4, 0.5) is 33.3 Å². The fourth-order valence-corrected chi connectivity index (χ4v) is 5.72. The van der Waals surface area contributed by atoms with Crippen LogP contribution >= 0.6 is 17.0 Å². The number of benzene rings is 5. The molecule has 2 amide bonds. The number of nitrogens with two attached hydrogens (primary N) is 1. The second kappa shape index (κ2) is 14.6. The summed E-state index contributed by atoms with van der Waals surface area (Å²) in [4.78, 5) is 38.0. The van der Waals surface area contributed by atoms with Crippen molar-refractivity contribution in [2.75, 3.05) is 10.6 Å². The number of aromatic hydroxyl groups is 1. The lowest BCUT2D eigenvalue weighted by atomic mass is 9.80. The summed E-state index contributed by atoms with van der Waals surface area (Å²) >= 11 is 0. The minimum absolute atomic E-state index is 0. The summed E-state index contributed by atoms with van der Waals surface area (Å²) in [6, 6.07) is 20.7. The number of ether oxygens (including phenoxy) is 1. The molecule has 2 atom stereocenters. The third-order valence-corrected chi connectivity index (χ3v) is 8.07. The van der Waals surface area contributed by atoms with Crippen molar-refractivity contribution in [3.8, 4) is 17.2 Å². The summed E-state index contributed by atoms with van der Waals surface area (Å²) in [5.74, 6) is -16.6. The van der Waals surface area contributed by atoms with Gasteiger partial charge in [-0.25, -0.2) is 26.7 Å². The van der Waals surface area contributed by atoms with Gasteiger partial charge >= 0.3 is 5.97 Å². The minimum atomic E-state index is -2.43. The minimum Gasteiger partial charge on any atom is -0.507 e. The molecule has 51 heavy (non-hydrogen) atoms. The maximum absolute atomic E-state index is 14.3. The number of nitrogens with one attached hydrogen (secondary N) is 2. The molecule has 0 bridgehead atoms. The first kappa shape index (κ1) is 36.5. The number of halogens is 6. The van der Waals surface area contributed by atoms with Crippen LogP contribution in [0.15, 0.2) is 84.9 Å². The highest BCUT2D eigenvalue weighted by Gasteiger charge is 2.34. The smallest absolute Gasteiger partial charge is 0.339 e. The van der Waals surface area contributed by atoms with E-state index in [1.54, 1.807) is 12.1 Å². The van der Waals surface area contributed by atoms with Gasteiger partial charge in [-0.1, -0.05) is 54.6 Å². The number of hydrogen-bond acceptors (Lipinski definition) is 6. The van der Waals surface area contributed by atoms with Gasteiger partial charge in [-0.15, -0.1) is 17.0 Å². The molecule has 0 fully saturated rings. The summed E-state index contributed by atoms with van der Waals surface area (Å²) in [6.07, 6.45) is 0.249. The molecule has 6 rings (SSSR count). The van der Waals surface area contributed by atoms with Crippen LogP contribution in [0, 0.1) is 29.1 Å². The van der Waals surface area contributed by atoms with Crippen LogP contribution in [-0.2, 0) is 11.2 Å². The SMILES string of the molecule is Br.NC(Cc1ccccc1)C(=O)Nc1ccc2c(c1)Oc1cc(NC(=O)c3c(F)c(F)c(F)c(F)c3F)ccc1C2c1cccc(O)c1C(=O)O. The number of carbonyl (C=O) groups is 3. The highest BCUT2D eigenvalue weighted by Crippen LogP contribution is 2.50. The molecule has 0 aromatic heterocycles. The molecule has 0 spiro atoms. The molecule has 6 N–H and O–H groups in total. The zero-order chi connectivity index (χ0) is 35.9. The van der Waals surface area contributed by atoms with E-state index in [9.17, 15) is 46.5 Å². The maximum Gasteiger partial charge on any atom is 0.339 e. The van der Waals surface area contributed by atoms with Gasteiger partial charge in [-0.05, 0) is 35.7 Å². The lowest BCUT2D eigenvalue weighted by molar-refractivity contribution is -0.117. The fraction of sp³-hybridized carbons (Fsp3) is 0.0833. The van der Waals surface area contributed by atoms with E-state index in [1.165, 1.54) is 42.5 Å². The second-order valence-corrected chi connectivity index (χ2v) is 11.3. The van der Waals surface area contributed by atoms with Gasteiger partial charge in [-0.2, -0.15) is 0 Å². The monoisotopic (exact) mass is 769 g/mol. The van der Waals surface area contributed by atoms with E-state index in [2.05, 4.69) is 10.6 Å². The van der Waals surface area contributed by atoms with E-state index in [0.717, 1.165) is 5.56 Å². The molecule has 1 aliphatic heterocycles. The molecule has 15 heteroatoms. The molecule has 0 saturated carbocycles. The molecule has 0 radical (unpaired) electrons. The van der Waals surface area contributed by atoms with Crippen molar-refractivity contribution < 1.29 is 51.3 Å².